The van der Waals surface area contributed by atoms with Gasteiger partial charge in [0, 0.05) is 30.4 Å². The summed E-state index contributed by atoms with van der Waals surface area (Å²) in [6.07, 6.45) is 4.90. The van der Waals surface area contributed by atoms with Crippen LogP contribution in [0.25, 0.3) is 0 Å². The second kappa shape index (κ2) is 11.4. The van der Waals surface area contributed by atoms with E-state index in [4.69, 9.17) is 14.2 Å². The molecule has 2 aromatic rings. The maximum Gasteiger partial charge on any atom is 0.257 e. The van der Waals surface area contributed by atoms with Crippen LogP contribution in [0, 0.1) is 5.92 Å². The molecule has 0 aromatic heterocycles. The zero-order chi connectivity index (χ0) is 26.6. The molecule has 1 aliphatic carbocycles. The van der Waals surface area contributed by atoms with Crippen molar-refractivity contribution < 1.29 is 28.6 Å². The Hall–Kier alpha value is -3.59. The van der Waals surface area contributed by atoms with E-state index in [2.05, 4.69) is 10.6 Å². The molecular weight excluding hydrogens is 486 g/mol. The van der Waals surface area contributed by atoms with Crippen LogP contribution in [0.4, 0.5) is 11.4 Å². The third-order valence-electron chi connectivity index (χ3n) is 7.77. The average Bonchev–Trinajstić information content (AvgIpc) is 3.46. The molecule has 2 heterocycles. The molecule has 0 bridgehead atoms. The van der Waals surface area contributed by atoms with E-state index >= 15 is 0 Å². The minimum absolute atomic E-state index is 0.0113. The average molecular weight is 522 g/mol. The van der Waals surface area contributed by atoms with Crippen LogP contribution >= 0.6 is 0 Å². The number of anilines is 2. The van der Waals surface area contributed by atoms with Gasteiger partial charge in [0.2, 0.25) is 11.8 Å². The molecule has 0 radical (unpaired) electrons. The molecule has 1 saturated heterocycles. The molecule has 38 heavy (non-hydrogen) atoms. The first-order valence-electron chi connectivity index (χ1n) is 13.4. The standard InChI is InChI=1S/C29H35N3O6/c1-32-24-12-11-22(16-27(33)30-19-8-5-9-21(14-19)36-2)38-26(24)17-37-25-13-10-20(15-23(25)29(32)35)31-28(34)18-6-3-4-7-18/h5,8-10,13-15,18,22,24,26H,3-4,6-7,11-12,16-17H2,1-2H3,(H,30,33)(H,31,34)/t22-,24-,26-/m1/s1. The van der Waals surface area contributed by atoms with Gasteiger partial charge in [-0.15, -0.1) is 0 Å². The lowest BCUT2D eigenvalue weighted by molar-refractivity contribution is -0.130. The molecule has 2 aromatic carbocycles. The summed E-state index contributed by atoms with van der Waals surface area (Å²) < 4.78 is 17.6. The molecule has 2 fully saturated rings. The maximum atomic E-state index is 13.5. The van der Waals surface area contributed by atoms with Gasteiger partial charge in [-0.05, 0) is 56.0 Å². The fourth-order valence-corrected chi connectivity index (χ4v) is 5.66. The van der Waals surface area contributed by atoms with E-state index in [1.807, 2.05) is 18.2 Å². The van der Waals surface area contributed by atoms with Crippen LogP contribution in [0.3, 0.4) is 0 Å². The molecule has 2 aliphatic heterocycles. The highest BCUT2D eigenvalue weighted by Gasteiger charge is 2.39. The van der Waals surface area contributed by atoms with Crippen molar-refractivity contribution in [2.24, 2.45) is 5.92 Å². The summed E-state index contributed by atoms with van der Waals surface area (Å²) in [5.41, 5.74) is 1.69. The third-order valence-corrected chi connectivity index (χ3v) is 7.77. The van der Waals surface area contributed by atoms with Crippen molar-refractivity contribution >= 4 is 29.1 Å². The molecule has 3 aliphatic rings. The van der Waals surface area contributed by atoms with Crippen molar-refractivity contribution in [1.29, 1.82) is 0 Å². The molecule has 3 amide bonds. The van der Waals surface area contributed by atoms with Crippen molar-refractivity contribution in [3.8, 4) is 11.5 Å². The van der Waals surface area contributed by atoms with Gasteiger partial charge in [0.15, 0.2) is 0 Å². The predicted octanol–water partition coefficient (Wildman–Crippen LogP) is 4.23. The first-order valence-corrected chi connectivity index (χ1v) is 13.4. The summed E-state index contributed by atoms with van der Waals surface area (Å²) in [6.45, 7) is 0.261. The molecular formula is C29H35N3O6. The van der Waals surface area contributed by atoms with Crippen molar-refractivity contribution in [2.75, 3.05) is 31.4 Å². The van der Waals surface area contributed by atoms with Gasteiger partial charge < -0.3 is 29.7 Å². The molecule has 9 nitrogen and oxygen atoms in total. The normalized spacial score (nSPS) is 23.4. The number of ether oxygens (including phenoxy) is 3. The number of fused-ring (bicyclic) bond motifs is 2. The van der Waals surface area contributed by atoms with Gasteiger partial charge >= 0.3 is 0 Å². The molecule has 9 heteroatoms. The van der Waals surface area contributed by atoms with Crippen LogP contribution in [0.15, 0.2) is 42.5 Å². The Morgan fingerprint density at radius 1 is 1.03 bits per heavy atom. The van der Waals surface area contributed by atoms with E-state index in [-0.39, 0.29) is 54.9 Å². The van der Waals surface area contributed by atoms with Crippen molar-refractivity contribution in [1.82, 2.24) is 4.90 Å². The van der Waals surface area contributed by atoms with Crippen molar-refractivity contribution in [3.63, 3.8) is 0 Å². The Morgan fingerprint density at radius 2 is 1.82 bits per heavy atom. The molecule has 202 valence electrons. The second-order valence-electron chi connectivity index (χ2n) is 10.3. The number of rotatable bonds is 6. The minimum Gasteiger partial charge on any atom is -0.497 e. The third kappa shape index (κ3) is 5.78. The largest absolute Gasteiger partial charge is 0.497 e. The lowest BCUT2D eigenvalue weighted by Crippen LogP contribution is -2.53. The summed E-state index contributed by atoms with van der Waals surface area (Å²) in [5.74, 6) is 0.859. The first-order chi connectivity index (χ1) is 18.4. The van der Waals surface area contributed by atoms with Crippen molar-refractivity contribution in [2.45, 2.75) is 63.2 Å². The first kappa shape index (κ1) is 26.0. The highest BCUT2D eigenvalue weighted by Crippen LogP contribution is 2.33. The van der Waals surface area contributed by atoms with Crippen LogP contribution < -0.4 is 20.1 Å². The second-order valence-corrected chi connectivity index (χ2v) is 10.3. The summed E-state index contributed by atoms with van der Waals surface area (Å²) in [6, 6.07) is 12.2. The van der Waals surface area contributed by atoms with Gasteiger partial charge in [-0.3, -0.25) is 14.4 Å². The molecule has 0 unspecified atom stereocenters. The van der Waals surface area contributed by atoms with Gasteiger partial charge in [0.25, 0.3) is 5.91 Å². The number of nitrogens with one attached hydrogen (secondary N) is 2. The number of hydrogen-bond donors (Lipinski definition) is 2. The minimum atomic E-state index is -0.359. The maximum absolute atomic E-state index is 13.5. The number of carbonyl (C=O) groups is 3. The molecule has 5 rings (SSSR count). The Morgan fingerprint density at radius 3 is 2.61 bits per heavy atom. The highest BCUT2D eigenvalue weighted by molar-refractivity contribution is 6.00. The van der Waals surface area contributed by atoms with E-state index in [0.29, 0.717) is 41.3 Å². The van der Waals surface area contributed by atoms with E-state index in [0.717, 1.165) is 25.7 Å². The lowest BCUT2D eigenvalue weighted by atomic mass is 9.94. The van der Waals surface area contributed by atoms with Crippen LogP contribution in [0.5, 0.6) is 11.5 Å². The van der Waals surface area contributed by atoms with E-state index in [9.17, 15) is 14.4 Å². The number of hydrogen-bond acceptors (Lipinski definition) is 6. The van der Waals surface area contributed by atoms with Crippen LogP contribution in [-0.4, -0.2) is 61.6 Å². The van der Waals surface area contributed by atoms with Gasteiger partial charge in [-0.1, -0.05) is 18.9 Å². The highest BCUT2D eigenvalue weighted by atomic mass is 16.5. The molecule has 2 N–H and O–H groups in total. The van der Waals surface area contributed by atoms with E-state index in [1.54, 1.807) is 43.3 Å². The lowest BCUT2D eigenvalue weighted by Gasteiger charge is -2.42. The van der Waals surface area contributed by atoms with E-state index in [1.165, 1.54) is 0 Å². The van der Waals surface area contributed by atoms with Crippen LogP contribution in [0.2, 0.25) is 0 Å². The molecule has 1 saturated carbocycles. The zero-order valence-electron chi connectivity index (χ0n) is 21.9. The Labute approximate surface area is 222 Å². The number of amides is 3. The number of carbonyl (C=O) groups excluding carboxylic acids is 3. The fourth-order valence-electron chi connectivity index (χ4n) is 5.66. The topological polar surface area (TPSA) is 106 Å². The van der Waals surface area contributed by atoms with Crippen LogP contribution in [0.1, 0.15) is 55.3 Å². The van der Waals surface area contributed by atoms with Gasteiger partial charge in [0.1, 0.15) is 24.2 Å². The smallest absolute Gasteiger partial charge is 0.257 e. The number of likely N-dealkylation sites (N-methyl/N-ethyl adjacent to an activating group) is 1. The fraction of sp³-hybridized carbons (Fsp3) is 0.483. The van der Waals surface area contributed by atoms with Gasteiger partial charge in [0.05, 0.1) is 31.2 Å². The summed E-state index contributed by atoms with van der Waals surface area (Å²) >= 11 is 0. The number of methoxy groups -OCH3 is 1. The number of benzene rings is 2. The summed E-state index contributed by atoms with van der Waals surface area (Å²) in [5, 5.41) is 5.87. The Bertz CT molecular complexity index is 1190. The quantitative estimate of drug-likeness (QED) is 0.589. The number of nitrogens with zero attached hydrogens (tertiary/aromatic N) is 1. The molecule has 0 spiro atoms. The molecule has 3 atom stereocenters. The van der Waals surface area contributed by atoms with Gasteiger partial charge in [-0.2, -0.15) is 0 Å². The summed E-state index contributed by atoms with van der Waals surface area (Å²) in [4.78, 5) is 40.4. The Kier molecular flexibility index (Phi) is 7.83. The van der Waals surface area contributed by atoms with Crippen LogP contribution in [-0.2, 0) is 14.3 Å². The monoisotopic (exact) mass is 521 g/mol. The SMILES string of the molecule is COc1cccc(NC(=O)C[C@H]2CC[C@@H]3[C@@H](COc4ccc(NC(=O)C5CCCC5)cc4C(=O)N3C)O2)c1. The predicted molar refractivity (Wildman–Crippen MR) is 143 cm³/mol. The van der Waals surface area contributed by atoms with Gasteiger partial charge in [-0.25, -0.2) is 0 Å². The Balaban J connectivity index is 1.22. The summed E-state index contributed by atoms with van der Waals surface area (Å²) in [7, 11) is 3.36. The van der Waals surface area contributed by atoms with Crippen molar-refractivity contribution in [3.05, 3.63) is 48.0 Å². The zero-order valence-corrected chi connectivity index (χ0v) is 21.9. The van der Waals surface area contributed by atoms with E-state index < -0.39 is 0 Å².